The molecule has 1 unspecified atom stereocenters. The molecule has 1 aliphatic heterocycles. The number of hydrogen-bond acceptors (Lipinski definition) is 5. The van der Waals surface area contributed by atoms with E-state index in [9.17, 15) is 0 Å². The van der Waals surface area contributed by atoms with Gasteiger partial charge < -0.3 is 20.7 Å². The second-order valence-electron chi connectivity index (χ2n) is 7.52. The van der Waals surface area contributed by atoms with Gasteiger partial charge in [0.2, 0.25) is 0 Å². The Morgan fingerprint density at radius 3 is 2.66 bits per heavy atom. The van der Waals surface area contributed by atoms with Crippen LogP contribution in [0.4, 0.5) is 0 Å². The van der Waals surface area contributed by atoms with Gasteiger partial charge in [0.25, 0.3) is 0 Å². The number of aromatic nitrogens is 3. The summed E-state index contributed by atoms with van der Waals surface area (Å²) >= 11 is 0. The monoisotopic (exact) mass is 399 g/mol. The lowest BCUT2D eigenvalue weighted by Gasteiger charge is -2.41. The van der Waals surface area contributed by atoms with Crippen LogP contribution in [0.1, 0.15) is 44.1 Å². The Balaban J connectivity index is 1.67. The van der Waals surface area contributed by atoms with Crippen LogP contribution in [0.3, 0.4) is 0 Å². The van der Waals surface area contributed by atoms with Gasteiger partial charge in [0.15, 0.2) is 5.96 Å². The Labute approximate surface area is 173 Å². The Kier molecular flexibility index (Phi) is 7.60. The summed E-state index contributed by atoms with van der Waals surface area (Å²) < 4.78 is 7.39. The first kappa shape index (κ1) is 21.3. The maximum atomic E-state index is 5.64. The molecule has 1 fully saturated rings. The number of nitrogens with one attached hydrogen (secondary N) is 3. The molecule has 3 N–H and O–H groups in total. The lowest BCUT2D eigenvalue weighted by atomic mass is 9.88. The molecule has 0 radical (unpaired) electrons. The van der Waals surface area contributed by atoms with Gasteiger partial charge in [-0.2, -0.15) is 5.10 Å². The number of nitrogens with zero attached hydrogens (tertiary/aromatic N) is 4. The van der Waals surface area contributed by atoms with E-state index in [2.05, 4.69) is 75.2 Å². The predicted molar refractivity (Wildman–Crippen MR) is 115 cm³/mol. The summed E-state index contributed by atoms with van der Waals surface area (Å²) in [5, 5.41) is 14.8. The molecule has 0 bridgehead atoms. The Hall–Kier alpha value is -2.45. The van der Waals surface area contributed by atoms with E-state index in [0.29, 0.717) is 6.54 Å². The zero-order valence-corrected chi connectivity index (χ0v) is 17.7. The second-order valence-corrected chi connectivity index (χ2v) is 7.52. The highest BCUT2D eigenvalue weighted by Crippen LogP contribution is 2.25. The van der Waals surface area contributed by atoms with Crippen molar-refractivity contribution in [1.82, 2.24) is 30.7 Å². The molecule has 0 spiro atoms. The largest absolute Gasteiger partial charge is 0.381 e. The summed E-state index contributed by atoms with van der Waals surface area (Å²) in [5.41, 5.74) is 1.25. The normalized spacial score (nSPS) is 17.7. The summed E-state index contributed by atoms with van der Waals surface area (Å²) in [7, 11) is 1.88. The molecule has 1 aromatic carbocycles. The first-order valence-corrected chi connectivity index (χ1v) is 10.4. The predicted octanol–water partition coefficient (Wildman–Crippen LogP) is 1.77. The van der Waals surface area contributed by atoms with Crippen LogP contribution >= 0.6 is 0 Å². The van der Waals surface area contributed by atoms with E-state index in [1.165, 1.54) is 5.56 Å². The molecule has 1 aliphatic rings. The molecule has 8 heteroatoms. The fourth-order valence-electron chi connectivity index (χ4n) is 3.63. The molecule has 29 heavy (non-hydrogen) atoms. The van der Waals surface area contributed by atoms with Crippen LogP contribution in [0, 0.1) is 0 Å². The maximum Gasteiger partial charge on any atom is 0.191 e. The molecule has 8 nitrogen and oxygen atoms in total. The van der Waals surface area contributed by atoms with Crippen molar-refractivity contribution in [3.05, 3.63) is 48.0 Å². The maximum absolute atomic E-state index is 5.64. The van der Waals surface area contributed by atoms with E-state index in [4.69, 9.17) is 4.74 Å². The second kappa shape index (κ2) is 10.4. The third-order valence-electron chi connectivity index (χ3n) is 5.39. The summed E-state index contributed by atoms with van der Waals surface area (Å²) in [6, 6.07) is 10.8. The minimum atomic E-state index is -0.0471. The molecular weight excluding hydrogens is 366 g/mol. The molecule has 1 aromatic heterocycles. The van der Waals surface area contributed by atoms with Crippen LogP contribution in [0.25, 0.3) is 0 Å². The van der Waals surface area contributed by atoms with Gasteiger partial charge in [0.1, 0.15) is 18.7 Å². The number of guanidine groups is 1. The summed E-state index contributed by atoms with van der Waals surface area (Å²) in [6.07, 6.45) is 3.47. The van der Waals surface area contributed by atoms with Crippen molar-refractivity contribution in [2.45, 2.75) is 44.8 Å². The van der Waals surface area contributed by atoms with Crippen LogP contribution in [0.15, 0.2) is 41.7 Å². The number of benzene rings is 1. The van der Waals surface area contributed by atoms with Crippen molar-refractivity contribution in [2.24, 2.45) is 12.0 Å². The molecule has 2 aromatic rings. The molecular formula is C21H33N7O. The summed E-state index contributed by atoms with van der Waals surface area (Å²) in [4.78, 5) is 8.93. The fourth-order valence-corrected chi connectivity index (χ4v) is 3.63. The van der Waals surface area contributed by atoms with Gasteiger partial charge in [0.05, 0.1) is 0 Å². The third kappa shape index (κ3) is 6.01. The molecule has 1 atom stereocenters. The molecule has 0 aliphatic carbocycles. The van der Waals surface area contributed by atoms with E-state index < -0.39 is 0 Å². The zero-order valence-electron chi connectivity index (χ0n) is 17.7. The highest BCUT2D eigenvalue weighted by atomic mass is 16.5. The Bertz CT molecular complexity index is 768. The van der Waals surface area contributed by atoms with E-state index in [1.807, 2.05) is 7.05 Å². The lowest BCUT2D eigenvalue weighted by molar-refractivity contribution is 0.0355. The zero-order chi connectivity index (χ0) is 20.5. The van der Waals surface area contributed by atoms with Crippen molar-refractivity contribution in [3.8, 4) is 0 Å². The molecule has 2 heterocycles. The number of rotatable bonds is 8. The van der Waals surface area contributed by atoms with Crippen LogP contribution in [0.5, 0.6) is 0 Å². The Morgan fingerprint density at radius 1 is 1.24 bits per heavy atom. The van der Waals surface area contributed by atoms with Crippen molar-refractivity contribution in [3.63, 3.8) is 0 Å². The van der Waals surface area contributed by atoms with Gasteiger partial charge in [-0.15, -0.1) is 0 Å². The van der Waals surface area contributed by atoms with Gasteiger partial charge in [-0.1, -0.05) is 30.3 Å². The molecule has 1 saturated heterocycles. The van der Waals surface area contributed by atoms with Crippen molar-refractivity contribution in [1.29, 1.82) is 0 Å². The molecule has 158 valence electrons. The summed E-state index contributed by atoms with van der Waals surface area (Å²) in [6.45, 7) is 7.88. The van der Waals surface area contributed by atoms with Gasteiger partial charge in [-0.3, -0.25) is 4.68 Å². The van der Waals surface area contributed by atoms with E-state index in [0.717, 1.165) is 50.9 Å². The van der Waals surface area contributed by atoms with Crippen molar-refractivity contribution < 1.29 is 4.74 Å². The van der Waals surface area contributed by atoms with Crippen LogP contribution in [-0.4, -0.2) is 52.6 Å². The number of hydrogen-bond donors (Lipinski definition) is 3. The quantitative estimate of drug-likeness (QED) is 0.463. The van der Waals surface area contributed by atoms with Crippen molar-refractivity contribution in [2.75, 3.05) is 26.3 Å². The average molecular weight is 400 g/mol. The molecule has 0 amide bonds. The standard InChI is InChI=1S/C21H33N7O/c1-4-22-20(23-14-19-25-16-26-28(19)3)24-15-21(10-12-29-13-11-21)27-17(2)18-8-6-5-7-9-18/h5-9,16-17,27H,4,10-15H2,1-3H3,(H2,22,23,24). The van der Waals surface area contributed by atoms with Gasteiger partial charge in [-0.05, 0) is 32.3 Å². The number of aliphatic imine (C=N–C) groups is 1. The lowest BCUT2D eigenvalue weighted by Crippen LogP contribution is -2.58. The Morgan fingerprint density at radius 2 is 2.00 bits per heavy atom. The van der Waals surface area contributed by atoms with Gasteiger partial charge in [-0.25, -0.2) is 9.98 Å². The van der Waals surface area contributed by atoms with E-state index in [1.54, 1.807) is 11.0 Å². The third-order valence-corrected chi connectivity index (χ3v) is 5.39. The first-order valence-electron chi connectivity index (χ1n) is 10.4. The SMILES string of the molecule is CCNC(=NCc1ncnn1C)NCC1(NC(C)c2ccccc2)CCOCC1. The topological polar surface area (TPSA) is 88.4 Å². The van der Waals surface area contributed by atoms with E-state index in [-0.39, 0.29) is 11.6 Å². The first-order chi connectivity index (χ1) is 14.1. The summed E-state index contributed by atoms with van der Waals surface area (Å²) in [5.74, 6) is 1.62. The highest BCUT2D eigenvalue weighted by Gasteiger charge is 2.34. The minimum Gasteiger partial charge on any atom is -0.381 e. The minimum absolute atomic E-state index is 0.0471. The molecule has 0 saturated carbocycles. The fraction of sp³-hybridized carbons (Fsp3) is 0.571. The van der Waals surface area contributed by atoms with Crippen molar-refractivity contribution >= 4 is 5.96 Å². The highest BCUT2D eigenvalue weighted by molar-refractivity contribution is 5.79. The van der Waals surface area contributed by atoms with Crippen LogP contribution in [-0.2, 0) is 18.3 Å². The van der Waals surface area contributed by atoms with Gasteiger partial charge in [0, 0.05) is 44.9 Å². The average Bonchev–Trinajstić information content (AvgIpc) is 3.16. The smallest absolute Gasteiger partial charge is 0.191 e. The van der Waals surface area contributed by atoms with Crippen LogP contribution < -0.4 is 16.0 Å². The number of aryl methyl sites for hydroxylation is 1. The molecule has 3 rings (SSSR count). The van der Waals surface area contributed by atoms with E-state index >= 15 is 0 Å². The van der Waals surface area contributed by atoms with Crippen LogP contribution in [0.2, 0.25) is 0 Å². The van der Waals surface area contributed by atoms with Gasteiger partial charge >= 0.3 is 0 Å². The number of ether oxygens (including phenoxy) is 1.